The second-order valence-electron chi connectivity index (χ2n) is 3.73. The molecule has 1 aliphatic carbocycles. The van der Waals surface area contributed by atoms with Crippen molar-refractivity contribution in [2.24, 2.45) is 0 Å². The lowest BCUT2D eigenvalue weighted by molar-refractivity contribution is 0.658. The molecule has 1 fully saturated rings. The summed E-state index contributed by atoms with van der Waals surface area (Å²) in [6, 6.07) is 2.28. The highest BCUT2D eigenvalue weighted by Crippen LogP contribution is 2.35. The van der Waals surface area contributed by atoms with Gasteiger partial charge in [-0.15, -0.1) is 0 Å². The average Bonchev–Trinajstić information content (AvgIpc) is 2.99. The molecule has 5 nitrogen and oxygen atoms in total. The first kappa shape index (κ1) is 8.24. The molecule has 15 heavy (non-hydrogen) atoms. The molecule has 1 N–H and O–H groups in total. The molecule has 2 heterocycles. The third-order valence-corrected chi connectivity index (χ3v) is 2.65. The number of nitriles is 1. The van der Waals surface area contributed by atoms with Crippen LogP contribution >= 0.6 is 0 Å². The van der Waals surface area contributed by atoms with Crippen LogP contribution in [0.3, 0.4) is 0 Å². The van der Waals surface area contributed by atoms with Crippen LogP contribution in [0.25, 0.3) is 11.0 Å². The van der Waals surface area contributed by atoms with Crippen LogP contribution in [0.1, 0.15) is 24.4 Å². The first-order chi connectivity index (χ1) is 7.31. The number of pyridine rings is 1. The van der Waals surface area contributed by atoms with E-state index in [4.69, 9.17) is 5.26 Å². The van der Waals surface area contributed by atoms with E-state index in [2.05, 4.69) is 10.1 Å². The highest BCUT2D eigenvalue weighted by molar-refractivity contribution is 5.75. The summed E-state index contributed by atoms with van der Waals surface area (Å²) >= 11 is 0. The Morgan fingerprint density at radius 2 is 2.40 bits per heavy atom. The maximum atomic E-state index is 11.7. The van der Waals surface area contributed by atoms with E-state index in [0.29, 0.717) is 11.4 Å². The molecule has 1 aliphatic rings. The molecule has 0 bridgehead atoms. The molecule has 0 radical (unpaired) electrons. The Balaban J connectivity index is 2.35. The molecule has 74 valence electrons. The molecule has 3 rings (SSSR count). The largest absolute Gasteiger partial charge is 0.345 e. The number of fused-ring (bicyclic) bond motifs is 1. The summed E-state index contributed by atoms with van der Waals surface area (Å²) in [4.78, 5) is 14.7. The fourth-order valence-corrected chi connectivity index (χ4v) is 1.70. The number of hydrogen-bond acceptors (Lipinski definition) is 3. The number of aromatic nitrogens is 3. The summed E-state index contributed by atoms with van der Waals surface area (Å²) in [6.07, 6.45) is 5.20. The molecule has 0 unspecified atom stereocenters. The first-order valence-corrected chi connectivity index (χ1v) is 4.80. The summed E-state index contributed by atoms with van der Waals surface area (Å²) in [6.45, 7) is 0. The second kappa shape index (κ2) is 2.70. The van der Waals surface area contributed by atoms with E-state index in [1.165, 1.54) is 12.4 Å². The van der Waals surface area contributed by atoms with Crippen molar-refractivity contribution >= 4 is 11.0 Å². The molecular weight excluding hydrogens is 192 g/mol. The van der Waals surface area contributed by atoms with Crippen LogP contribution in [0.15, 0.2) is 17.2 Å². The monoisotopic (exact) mass is 200 g/mol. The Morgan fingerprint density at radius 3 is 3.07 bits per heavy atom. The van der Waals surface area contributed by atoms with E-state index in [0.717, 1.165) is 18.5 Å². The minimum atomic E-state index is -0.238. The van der Waals surface area contributed by atoms with Crippen molar-refractivity contribution in [3.8, 4) is 6.07 Å². The van der Waals surface area contributed by atoms with Crippen LogP contribution in [0.5, 0.6) is 0 Å². The van der Waals surface area contributed by atoms with E-state index in [1.807, 2.05) is 10.8 Å². The Morgan fingerprint density at radius 1 is 1.60 bits per heavy atom. The topological polar surface area (TPSA) is 74.5 Å². The minimum absolute atomic E-state index is 0.137. The van der Waals surface area contributed by atoms with Gasteiger partial charge in [0.25, 0.3) is 0 Å². The van der Waals surface area contributed by atoms with Crippen LogP contribution in [-0.4, -0.2) is 14.8 Å². The molecule has 0 atom stereocenters. The van der Waals surface area contributed by atoms with Crippen LogP contribution in [-0.2, 0) is 0 Å². The van der Waals surface area contributed by atoms with Gasteiger partial charge in [-0.1, -0.05) is 0 Å². The molecule has 0 amide bonds. The second-order valence-corrected chi connectivity index (χ2v) is 3.73. The van der Waals surface area contributed by atoms with Crippen molar-refractivity contribution in [1.29, 1.82) is 5.26 Å². The Labute approximate surface area is 84.9 Å². The van der Waals surface area contributed by atoms with E-state index >= 15 is 0 Å². The standard InChI is InChI=1S/C10H8N4O/c11-3-6-4-12-10-8(9(6)15)5-13-14(10)7-1-2-7/h4-5,7H,1-2H2,(H,12,15). The Bertz CT molecular complexity index is 627. The molecule has 1 saturated carbocycles. The van der Waals surface area contributed by atoms with E-state index in [-0.39, 0.29) is 11.0 Å². The zero-order valence-corrected chi connectivity index (χ0v) is 7.90. The fraction of sp³-hybridized carbons (Fsp3) is 0.300. The number of aromatic amines is 1. The van der Waals surface area contributed by atoms with E-state index in [9.17, 15) is 4.79 Å². The van der Waals surface area contributed by atoms with Crippen molar-refractivity contribution in [3.63, 3.8) is 0 Å². The molecule has 2 aromatic heterocycles. The van der Waals surface area contributed by atoms with Crippen molar-refractivity contribution < 1.29 is 0 Å². The minimum Gasteiger partial charge on any atom is -0.345 e. The summed E-state index contributed by atoms with van der Waals surface area (Å²) < 4.78 is 1.83. The summed E-state index contributed by atoms with van der Waals surface area (Å²) in [5.74, 6) is 0. The number of nitrogens with zero attached hydrogens (tertiary/aromatic N) is 3. The van der Waals surface area contributed by atoms with Crippen molar-refractivity contribution in [3.05, 3.63) is 28.2 Å². The molecule has 5 heteroatoms. The molecule has 2 aromatic rings. The summed E-state index contributed by atoms with van der Waals surface area (Å²) in [5, 5.41) is 13.4. The smallest absolute Gasteiger partial charge is 0.210 e. The summed E-state index contributed by atoms with van der Waals surface area (Å²) in [7, 11) is 0. The maximum Gasteiger partial charge on any atom is 0.210 e. The molecule has 0 spiro atoms. The quantitative estimate of drug-likeness (QED) is 0.744. The van der Waals surface area contributed by atoms with Crippen LogP contribution in [0.2, 0.25) is 0 Å². The van der Waals surface area contributed by atoms with Gasteiger partial charge in [0, 0.05) is 6.20 Å². The Kier molecular flexibility index (Phi) is 1.48. The fourth-order valence-electron chi connectivity index (χ4n) is 1.70. The van der Waals surface area contributed by atoms with Gasteiger partial charge in [0.15, 0.2) is 0 Å². The van der Waals surface area contributed by atoms with Crippen molar-refractivity contribution in [2.45, 2.75) is 18.9 Å². The van der Waals surface area contributed by atoms with Gasteiger partial charge in [0.1, 0.15) is 17.3 Å². The lowest BCUT2D eigenvalue weighted by Gasteiger charge is -1.99. The van der Waals surface area contributed by atoms with Gasteiger partial charge < -0.3 is 4.98 Å². The van der Waals surface area contributed by atoms with Crippen LogP contribution in [0, 0.1) is 11.3 Å². The predicted molar refractivity (Wildman–Crippen MR) is 53.3 cm³/mol. The number of hydrogen-bond donors (Lipinski definition) is 1. The van der Waals surface area contributed by atoms with Gasteiger partial charge in [0.2, 0.25) is 5.43 Å². The molecule has 0 aliphatic heterocycles. The first-order valence-electron chi connectivity index (χ1n) is 4.80. The van der Waals surface area contributed by atoms with Crippen molar-refractivity contribution in [1.82, 2.24) is 14.8 Å². The van der Waals surface area contributed by atoms with E-state index in [1.54, 1.807) is 0 Å². The van der Waals surface area contributed by atoms with Gasteiger partial charge in [-0.05, 0) is 12.8 Å². The molecular formula is C10H8N4O. The van der Waals surface area contributed by atoms with Crippen LogP contribution in [0.4, 0.5) is 0 Å². The van der Waals surface area contributed by atoms with Crippen LogP contribution < -0.4 is 5.43 Å². The average molecular weight is 200 g/mol. The van der Waals surface area contributed by atoms with Gasteiger partial charge in [-0.2, -0.15) is 10.4 Å². The number of rotatable bonds is 1. The third kappa shape index (κ3) is 1.08. The van der Waals surface area contributed by atoms with E-state index < -0.39 is 0 Å². The molecule has 0 aromatic carbocycles. The SMILES string of the molecule is N#Cc1c[nH]c2c(cnn2C2CC2)c1=O. The highest BCUT2D eigenvalue weighted by Gasteiger charge is 2.26. The zero-order chi connectivity index (χ0) is 10.4. The maximum absolute atomic E-state index is 11.7. The van der Waals surface area contributed by atoms with Gasteiger partial charge >= 0.3 is 0 Å². The van der Waals surface area contributed by atoms with Gasteiger partial charge in [0.05, 0.1) is 17.6 Å². The lowest BCUT2D eigenvalue weighted by Crippen LogP contribution is -2.07. The van der Waals surface area contributed by atoms with Gasteiger partial charge in [-0.25, -0.2) is 4.68 Å². The molecule has 0 saturated heterocycles. The van der Waals surface area contributed by atoms with Gasteiger partial charge in [-0.3, -0.25) is 4.79 Å². The van der Waals surface area contributed by atoms with Crippen molar-refractivity contribution in [2.75, 3.05) is 0 Å². The zero-order valence-electron chi connectivity index (χ0n) is 7.90. The highest BCUT2D eigenvalue weighted by atomic mass is 16.1. The third-order valence-electron chi connectivity index (χ3n) is 2.65. The number of nitrogens with one attached hydrogen (secondary N) is 1. The predicted octanol–water partition coefficient (Wildman–Crippen LogP) is 0.931. The summed E-state index contributed by atoms with van der Waals surface area (Å²) in [5.41, 5.74) is 0.623. The normalized spacial score (nSPS) is 15.4. The lowest BCUT2D eigenvalue weighted by atomic mass is 10.2. The number of H-pyrrole nitrogens is 1. The Hall–Kier alpha value is -2.09.